The second-order valence-corrected chi connectivity index (χ2v) is 6.00. The van der Waals surface area contributed by atoms with Crippen molar-refractivity contribution < 1.29 is 4.74 Å². The van der Waals surface area contributed by atoms with Crippen LogP contribution in [0, 0.1) is 20.8 Å². The Balaban J connectivity index is 3.33. The summed E-state index contributed by atoms with van der Waals surface area (Å²) in [5.41, 5.74) is 5.05. The maximum absolute atomic E-state index is 5.63. The maximum atomic E-state index is 5.63. The van der Waals surface area contributed by atoms with Gasteiger partial charge in [0.2, 0.25) is 0 Å². The van der Waals surface area contributed by atoms with Crippen molar-refractivity contribution in [3.05, 3.63) is 26.7 Å². The van der Waals surface area contributed by atoms with E-state index in [1.54, 1.807) is 7.11 Å². The van der Waals surface area contributed by atoms with Crippen LogP contribution in [0.5, 0.6) is 5.75 Å². The van der Waals surface area contributed by atoms with Crippen LogP contribution in [0.15, 0.2) is 4.47 Å². The van der Waals surface area contributed by atoms with Gasteiger partial charge < -0.3 is 4.74 Å². The quantitative estimate of drug-likeness (QED) is 0.825. The van der Waals surface area contributed by atoms with Crippen LogP contribution in [0.1, 0.15) is 36.1 Å². The number of methoxy groups -OCH3 is 1. The molecule has 0 radical (unpaired) electrons. The Bertz CT molecular complexity index is 441. The number of hydrogen-bond donors (Lipinski definition) is 0. The van der Waals surface area contributed by atoms with E-state index in [0.29, 0.717) is 6.04 Å². The minimum absolute atomic E-state index is 0.523. The zero-order chi connectivity index (χ0) is 14.0. The minimum atomic E-state index is 0.523. The summed E-state index contributed by atoms with van der Waals surface area (Å²) in [7, 11) is 3.90. The number of ether oxygens (including phenoxy) is 1. The van der Waals surface area contributed by atoms with Gasteiger partial charge in [-0.1, -0.05) is 15.9 Å². The lowest BCUT2D eigenvalue weighted by Gasteiger charge is -2.25. The SMILES string of the molecule is COc1c(C)c(C)c(Br)c(C)c1CN(C)C(C)C. The van der Waals surface area contributed by atoms with Crippen molar-refractivity contribution in [2.24, 2.45) is 0 Å². The molecule has 3 heteroatoms. The lowest BCUT2D eigenvalue weighted by Crippen LogP contribution is -2.26. The van der Waals surface area contributed by atoms with Gasteiger partial charge in [0.25, 0.3) is 0 Å². The highest BCUT2D eigenvalue weighted by atomic mass is 79.9. The zero-order valence-electron chi connectivity index (χ0n) is 12.5. The highest BCUT2D eigenvalue weighted by Crippen LogP contribution is 2.36. The molecule has 0 aromatic heterocycles. The van der Waals surface area contributed by atoms with Crippen molar-refractivity contribution in [2.45, 2.75) is 47.2 Å². The average molecular weight is 314 g/mol. The van der Waals surface area contributed by atoms with E-state index in [4.69, 9.17) is 4.74 Å². The molecule has 0 amide bonds. The van der Waals surface area contributed by atoms with Gasteiger partial charge in [0.15, 0.2) is 0 Å². The fraction of sp³-hybridized carbons (Fsp3) is 0.600. The van der Waals surface area contributed by atoms with Gasteiger partial charge in [-0.15, -0.1) is 0 Å². The lowest BCUT2D eigenvalue weighted by molar-refractivity contribution is 0.260. The second kappa shape index (κ2) is 6.07. The molecule has 18 heavy (non-hydrogen) atoms. The largest absolute Gasteiger partial charge is 0.496 e. The Labute approximate surface area is 119 Å². The molecule has 1 aromatic rings. The van der Waals surface area contributed by atoms with Crippen LogP contribution in [0.25, 0.3) is 0 Å². The topological polar surface area (TPSA) is 12.5 Å². The number of nitrogens with zero attached hydrogens (tertiary/aromatic N) is 1. The molecule has 0 bridgehead atoms. The fourth-order valence-electron chi connectivity index (χ4n) is 2.04. The molecule has 0 unspecified atom stereocenters. The third-order valence-corrected chi connectivity index (χ3v) is 4.97. The second-order valence-electron chi connectivity index (χ2n) is 5.21. The van der Waals surface area contributed by atoms with Gasteiger partial charge in [0, 0.05) is 22.6 Å². The molecule has 0 N–H and O–H groups in total. The van der Waals surface area contributed by atoms with E-state index < -0.39 is 0 Å². The van der Waals surface area contributed by atoms with E-state index in [1.807, 2.05) is 0 Å². The van der Waals surface area contributed by atoms with Gasteiger partial charge in [-0.2, -0.15) is 0 Å². The van der Waals surface area contributed by atoms with Gasteiger partial charge in [-0.3, -0.25) is 4.90 Å². The molecule has 0 atom stereocenters. The Morgan fingerprint density at radius 3 is 2.11 bits per heavy atom. The normalized spacial score (nSPS) is 11.4. The summed E-state index contributed by atoms with van der Waals surface area (Å²) in [5.74, 6) is 1.03. The van der Waals surface area contributed by atoms with Gasteiger partial charge in [0.1, 0.15) is 5.75 Å². The van der Waals surface area contributed by atoms with E-state index in [0.717, 1.165) is 12.3 Å². The molecule has 0 heterocycles. The van der Waals surface area contributed by atoms with Crippen molar-refractivity contribution in [1.82, 2.24) is 4.90 Å². The molecule has 0 fully saturated rings. The van der Waals surface area contributed by atoms with Gasteiger partial charge in [-0.25, -0.2) is 0 Å². The molecule has 0 saturated heterocycles. The molecular weight excluding hydrogens is 290 g/mol. The van der Waals surface area contributed by atoms with E-state index in [9.17, 15) is 0 Å². The number of benzene rings is 1. The predicted octanol–water partition coefficient (Wildman–Crippen LogP) is 4.22. The maximum Gasteiger partial charge on any atom is 0.126 e. The summed E-state index contributed by atoms with van der Waals surface area (Å²) in [6.07, 6.45) is 0. The third kappa shape index (κ3) is 2.89. The summed E-state index contributed by atoms with van der Waals surface area (Å²) in [6.45, 7) is 11.7. The van der Waals surface area contributed by atoms with Crippen LogP contribution in [0.2, 0.25) is 0 Å². The summed E-state index contributed by atoms with van der Waals surface area (Å²) in [5, 5.41) is 0. The van der Waals surface area contributed by atoms with Crippen molar-refractivity contribution in [1.29, 1.82) is 0 Å². The first-order valence-corrected chi connectivity index (χ1v) is 7.12. The molecular formula is C15H24BrNO. The monoisotopic (exact) mass is 313 g/mol. The standard InChI is InChI=1S/C15H24BrNO/c1-9(2)17(6)8-13-12(5)14(16)10(3)11(4)15(13)18-7/h9H,8H2,1-7H3. The molecule has 1 aromatic carbocycles. The molecule has 0 spiro atoms. The molecule has 2 nitrogen and oxygen atoms in total. The van der Waals surface area contributed by atoms with Crippen LogP contribution in [0.4, 0.5) is 0 Å². The van der Waals surface area contributed by atoms with E-state index in [1.165, 1.54) is 26.7 Å². The minimum Gasteiger partial charge on any atom is -0.496 e. The Morgan fingerprint density at radius 2 is 1.67 bits per heavy atom. The van der Waals surface area contributed by atoms with Gasteiger partial charge in [0.05, 0.1) is 7.11 Å². The van der Waals surface area contributed by atoms with E-state index in [-0.39, 0.29) is 0 Å². The summed E-state index contributed by atoms with van der Waals surface area (Å²) < 4.78 is 6.83. The van der Waals surface area contributed by atoms with Crippen LogP contribution in [-0.2, 0) is 6.54 Å². The summed E-state index contributed by atoms with van der Waals surface area (Å²) >= 11 is 3.70. The first-order valence-electron chi connectivity index (χ1n) is 6.33. The van der Waals surface area contributed by atoms with Crippen LogP contribution < -0.4 is 4.74 Å². The van der Waals surface area contributed by atoms with Crippen molar-refractivity contribution in [3.8, 4) is 5.75 Å². The smallest absolute Gasteiger partial charge is 0.126 e. The van der Waals surface area contributed by atoms with Crippen molar-refractivity contribution >= 4 is 15.9 Å². The lowest BCUT2D eigenvalue weighted by atomic mass is 9.98. The van der Waals surface area contributed by atoms with Gasteiger partial charge in [-0.05, 0) is 58.4 Å². The Kier molecular flexibility index (Phi) is 5.23. The Hall–Kier alpha value is -0.540. The molecule has 102 valence electrons. The fourth-order valence-corrected chi connectivity index (χ4v) is 2.58. The predicted molar refractivity (Wildman–Crippen MR) is 81.5 cm³/mol. The number of halogens is 1. The van der Waals surface area contributed by atoms with Crippen LogP contribution >= 0.6 is 15.9 Å². The molecule has 0 saturated carbocycles. The molecule has 0 aliphatic carbocycles. The average Bonchev–Trinajstić information content (AvgIpc) is 2.33. The first-order chi connectivity index (χ1) is 8.31. The summed E-state index contributed by atoms with van der Waals surface area (Å²) in [6, 6.07) is 0.523. The van der Waals surface area contributed by atoms with Crippen molar-refractivity contribution in [2.75, 3.05) is 14.2 Å². The zero-order valence-corrected chi connectivity index (χ0v) is 14.1. The van der Waals surface area contributed by atoms with Crippen LogP contribution in [0.3, 0.4) is 0 Å². The van der Waals surface area contributed by atoms with E-state index in [2.05, 4.69) is 62.5 Å². The number of hydrogen-bond acceptors (Lipinski definition) is 2. The molecule has 0 aliphatic heterocycles. The first kappa shape index (κ1) is 15.5. The number of rotatable bonds is 4. The van der Waals surface area contributed by atoms with Crippen molar-refractivity contribution in [3.63, 3.8) is 0 Å². The highest BCUT2D eigenvalue weighted by Gasteiger charge is 2.18. The van der Waals surface area contributed by atoms with Gasteiger partial charge >= 0.3 is 0 Å². The van der Waals surface area contributed by atoms with Crippen LogP contribution in [-0.4, -0.2) is 25.1 Å². The van der Waals surface area contributed by atoms with E-state index >= 15 is 0 Å². The highest BCUT2D eigenvalue weighted by molar-refractivity contribution is 9.10. The molecule has 1 rings (SSSR count). The molecule has 0 aliphatic rings. The third-order valence-electron chi connectivity index (χ3n) is 3.78. The summed E-state index contributed by atoms with van der Waals surface area (Å²) in [4.78, 5) is 2.33. The Morgan fingerprint density at radius 1 is 1.11 bits per heavy atom.